The first-order valence-corrected chi connectivity index (χ1v) is 6.80. The molecular weight excluding hydrogens is 224 g/mol. The fourth-order valence-electron chi connectivity index (χ4n) is 2.09. The second kappa shape index (κ2) is 7.68. The van der Waals surface area contributed by atoms with E-state index in [1.165, 1.54) is 0 Å². The van der Waals surface area contributed by atoms with E-state index in [4.69, 9.17) is 0 Å². The van der Waals surface area contributed by atoms with Crippen LogP contribution in [0.15, 0.2) is 0 Å². The van der Waals surface area contributed by atoms with E-state index >= 15 is 0 Å². The SMILES string of the molecule is CNC1CSC(CCCCC=O)C1NC=O. The van der Waals surface area contributed by atoms with Crippen molar-refractivity contribution in [3.63, 3.8) is 0 Å². The minimum Gasteiger partial charge on any atom is -0.353 e. The van der Waals surface area contributed by atoms with Crippen molar-refractivity contribution in [3.8, 4) is 0 Å². The molecule has 5 heteroatoms. The van der Waals surface area contributed by atoms with Crippen molar-refractivity contribution in [1.29, 1.82) is 0 Å². The van der Waals surface area contributed by atoms with Gasteiger partial charge in [0.1, 0.15) is 6.29 Å². The number of amides is 1. The largest absolute Gasteiger partial charge is 0.353 e. The number of carbonyl (C=O) groups excluding carboxylic acids is 2. The second-order valence-corrected chi connectivity index (χ2v) is 5.30. The molecule has 0 radical (unpaired) electrons. The van der Waals surface area contributed by atoms with Crippen LogP contribution in [-0.4, -0.2) is 42.8 Å². The van der Waals surface area contributed by atoms with Gasteiger partial charge in [-0.2, -0.15) is 11.8 Å². The van der Waals surface area contributed by atoms with Gasteiger partial charge in [-0.3, -0.25) is 4.79 Å². The Bertz CT molecular complexity index is 226. The number of carbonyl (C=O) groups is 2. The summed E-state index contributed by atoms with van der Waals surface area (Å²) in [4.78, 5) is 20.7. The van der Waals surface area contributed by atoms with E-state index < -0.39 is 0 Å². The molecule has 16 heavy (non-hydrogen) atoms. The zero-order valence-electron chi connectivity index (χ0n) is 9.65. The fraction of sp³-hybridized carbons (Fsp3) is 0.818. The van der Waals surface area contributed by atoms with Gasteiger partial charge in [-0.1, -0.05) is 6.42 Å². The van der Waals surface area contributed by atoms with Crippen LogP contribution >= 0.6 is 11.8 Å². The fourth-order valence-corrected chi connectivity index (χ4v) is 3.73. The maximum Gasteiger partial charge on any atom is 0.207 e. The summed E-state index contributed by atoms with van der Waals surface area (Å²) in [5, 5.41) is 6.62. The summed E-state index contributed by atoms with van der Waals surface area (Å²) in [6.45, 7) is 0. The predicted octanol–water partition coefficient (Wildman–Crippen LogP) is 0.564. The molecule has 0 aromatic rings. The molecule has 1 heterocycles. The second-order valence-electron chi connectivity index (χ2n) is 4.03. The van der Waals surface area contributed by atoms with E-state index in [1.54, 1.807) is 0 Å². The van der Waals surface area contributed by atoms with Gasteiger partial charge in [-0.15, -0.1) is 0 Å². The van der Waals surface area contributed by atoms with Crippen LogP contribution in [-0.2, 0) is 9.59 Å². The molecule has 3 atom stereocenters. The first-order valence-electron chi connectivity index (χ1n) is 5.75. The number of unbranched alkanes of at least 4 members (excludes halogenated alkanes) is 2. The Morgan fingerprint density at radius 2 is 2.19 bits per heavy atom. The normalized spacial score (nSPS) is 28.9. The Morgan fingerprint density at radius 3 is 2.81 bits per heavy atom. The van der Waals surface area contributed by atoms with Crippen molar-refractivity contribution >= 4 is 24.5 Å². The van der Waals surface area contributed by atoms with E-state index in [1.807, 2.05) is 18.8 Å². The molecule has 1 saturated heterocycles. The summed E-state index contributed by atoms with van der Waals surface area (Å²) < 4.78 is 0. The highest BCUT2D eigenvalue weighted by atomic mass is 32.2. The van der Waals surface area contributed by atoms with Crippen LogP contribution in [0, 0.1) is 0 Å². The summed E-state index contributed by atoms with van der Waals surface area (Å²) in [7, 11) is 1.93. The molecule has 1 aliphatic rings. The Labute approximate surface area is 101 Å². The minimum absolute atomic E-state index is 0.226. The van der Waals surface area contributed by atoms with Crippen molar-refractivity contribution in [1.82, 2.24) is 10.6 Å². The lowest BCUT2D eigenvalue weighted by Crippen LogP contribution is -2.48. The molecule has 0 saturated carbocycles. The Hall–Kier alpha value is -0.550. The number of likely N-dealkylation sites (N-methyl/N-ethyl adjacent to an activating group) is 1. The highest BCUT2D eigenvalue weighted by Crippen LogP contribution is 2.30. The molecule has 4 nitrogen and oxygen atoms in total. The molecule has 1 rings (SSSR count). The van der Waals surface area contributed by atoms with Crippen molar-refractivity contribution in [3.05, 3.63) is 0 Å². The lowest BCUT2D eigenvalue weighted by Gasteiger charge is -2.22. The van der Waals surface area contributed by atoms with Gasteiger partial charge in [0.2, 0.25) is 6.41 Å². The average Bonchev–Trinajstić information content (AvgIpc) is 2.68. The van der Waals surface area contributed by atoms with E-state index in [-0.39, 0.29) is 6.04 Å². The molecule has 1 fully saturated rings. The highest BCUT2D eigenvalue weighted by Gasteiger charge is 2.34. The number of thioether (sulfide) groups is 1. The Morgan fingerprint density at radius 1 is 1.38 bits per heavy atom. The predicted molar refractivity (Wildman–Crippen MR) is 66.6 cm³/mol. The molecule has 0 aromatic heterocycles. The van der Waals surface area contributed by atoms with Gasteiger partial charge in [-0.05, 0) is 19.9 Å². The van der Waals surface area contributed by atoms with Crippen LogP contribution in [0.2, 0.25) is 0 Å². The molecule has 0 aromatic carbocycles. The third-order valence-electron chi connectivity index (χ3n) is 3.02. The topological polar surface area (TPSA) is 58.2 Å². The third-order valence-corrected chi connectivity index (χ3v) is 4.52. The molecule has 1 amide bonds. The summed E-state index contributed by atoms with van der Waals surface area (Å²) in [6, 6.07) is 0.593. The summed E-state index contributed by atoms with van der Waals surface area (Å²) in [5.41, 5.74) is 0. The van der Waals surface area contributed by atoms with Crippen LogP contribution in [0.5, 0.6) is 0 Å². The van der Waals surface area contributed by atoms with Gasteiger partial charge in [-0.25, -0.2) is 0 Å². The van der Waals surface area contributed by atoms with Crippen LogP contribution in [0.3, 0.4) is 0 Å². The molecule has 92 valence electrons. The molecule has 2 N–H and O–H groups in total. The molecule has 1 aliphatic heterocycles. The number of rotatable bonds is 8. The maximum atomic E-state index is 10.5. The number of nitrogens with one attached hydrogen (secondary N) is 2. The first-order chi connectivity index (χ1) is 7.83. The Kier molecular flexibility index (Phi) is 6.49. The van der Waals surface area contributed by atoms with E-state index in [0.29, 0.717) is 17.7 Å². The number of hydrogen-bond acceptors (Lipinski definition) is 4. The van der Waals surface area contributed by atoms with Gasteiger partial charge in [0.25, 0.3) is 0 Å². The third kappa shape index (κ3) is 3.79. The lowest BCUT2D eigenvalue weighted by atomic mass is 10.0. The standard InChI is InChI=1S/C11H20N2O2S/c1-12-9-7-16-10(11(9)13-8-15)5-3-2-4-6-14/h6,8-12H,2-5,7H2,1H3,(H,13,15). The van der Waals surface area contributed by atoms with Crippen molar-refractivity contribution < 1.29 is 9.59 Å². The van der Waals surface area contributed by atoms with Gasteiger partial charge < -0.3 is 15.4 Å². The van der Waals surface area contributed by atoms with Crippen LogP contribution in [0.4, 0.5) is 0 Å². The lowest BCUT2D eigenvalue weighted by molar-refractivity contribution is -0.110. The van der Waals surface area contributed by atoms with E-state index in [0.717, 1.165) is 37.7 Å². The van der Waals surface area contributed by atoms with Gasteiger partial charge in [0, 0.05) is 23.5 Å². The highest BCUT2D eigenvalue weighted by molar-refractivity contribution is 8.00. The molecular formula is C11H20N2O2S. The molecule has 0 spiro atoms. The summed E-state index contributed by atoms with van der Waals surface area (Å²) in [6.07, 6.45) is 5.50. The maximum absolute atomic E-state index is 10.5. The van der Waals surface area contributed by atoms with Crippen LogP contribution in [0.25, 0.3) is 0 Å². The van der Waals surface area contributed by atoms with Crippen molar-refractivity contribution in [2.24, 2.45) is 0 Å². The van der Waals surface area contributed by atoms with Crippen molar-refractivity contribution in [2.45, 2.75) is 43.0 Å². The quantitative estimate of drug-likeness (QED) is 0.484. The average molecular weight is 244 g/mol. The smallest absolute Gasteiger partial charge is 0.207 e. The minimum atomic E-state index is 0.226. The van der Waals surface area contributed by atoms with E-state index in [2.05, 4.69) is 10.6 Å². The zero-order valence-corrected chi connectivity index (χ0v) is 10.5. The number of hydrogen-bond donors (Lipinski definition) is 2. The summed E-state index contributed by atoms with van der Waals surface area (Å²) >= 11 is 1.91. The van der Waals surface area contributed by atoms with Crippen LogP contribution in [0.1, 0.15) is 25.7 Å². The van der Waals surface area contributed by atoms with E-state index in [9.17, 15) is 9.59 Å². The monoisotopic (exact) mass is 244 g/mol. The van der Waals surface area contributed by atoms with Gasteiger partial charge in [0.15, 0.2) is 0 Å². The van der Waals surface area contributed by atoms with Gasteiger partial charge in [0.05, 0.1) is 6.04 Å². The zero-order chi connectivity index (χ0) is 11.8. The molecule has 3 unspecified atom stereocenters. The van der Waals surface area contributed by atoms with Gasteiger partial charge >= 0.3 is 0 Å². The number of aldehydes is 1. The Balaban J connectivity index is 2.33. The summed E-state index contributed by atoms with van der Waals surface area (Å²) in [5.74, 6) is 1.04. The first kappa shape index (κ1) is 13.5. The molecule has 0 aliphatic carbocycles. The molecule has 0 bridgehead atoms. The van der Waals surface area contributed by atoms with Crippen LogP contribution < -0.4 is 10.6 Å². The van der Waals surface area contributed by atoms with Crippen molar-refractivity contribution in [2.75, 3.05) is 12.8 Å².